The number of thiazole rings is 1. The molecule has 0 atom stereocenters. The summed E-state index contributed by atoms with van der Waals surface area (Å²) < 4.78 is 39.1. The van der Waals surface area contributed by atoms with Crippen LogP contribution in [-0.4, -0.2) is 30.0 Å². The molecular weight excluding hydrogens is 497 g/mol. The predicted molar refractivity (Wildman–Crippen MR) is 132 cm³/mol. The molecular formula is C24H21ClFN3O3S2. The molecule has 2 heterocycles. The van der Waals surface area contributed by atoms with E-state index in [9.17, 15) is 17.6 Å². The number of amides is 1. The van der Waals surface area contributed by atoms with Crippen LogP contribution < -0.4 is 4.90 Å². The fourth-order valence-corrected chi connectivity index (χ4v) is 6.25. The van der Waals surface area contributed by atoms with Gasteiger partial charge in [0.05, 0.1) is 27.4 Å². The number of benzene rings is 2. The van der Waals surface area contributed by atoms with Crippen molar-refractivity contribution in [2.24, 2.45) is 0 Å². The SMILES string of the molecule is Cc1cc(Cl)cc2sc(N(Cc3cccnc3)C(=O)CCCS(=O)(=O)c3ccc(F)cc3)nc12. The molecule has 4 aromatic rings. The second-order valence-corrected chi connectivity index (χ2v) is 11.3. The number of hydrogen-bond acceptors (Lipinski definition) is 6. The van der Waals surface area contributed by atoms with Gasteiger partial charge in [-0.25, -0.2) is 17.8 Å². The fourth-order valence-electron chi connectivity index (χ4n) is 3.50. The van der Waals surface area contributed by atoms with Crippen molar-refractivity contribution in [3.05, 3.63) is 82.9 Å². The Kier molecular flexibility index (Phi) is 7.25. The lowest BCUT2D eigenvalue weighted by atomic mass is 10.2. The van der Waals surface area contributed by atoms with Crippen LogP contribution in [0.2, 0.25) is 5.02 Å². The molecule has 10 heteroatoms. The van der Waals surface area contributed by atoms with E-state index in [2.05, 4.69) is 9.97 Å². The molecule has 0 saturated carbocycles. The molecule has 6 nitrogen and oxygen atoms in total. The van der Waals surface area contributed by atoms with Crippen molar-refractivity contribution in [3.63, 3.8) is 0 Å². The van der Waals surface area contributed by atoms with E-state index in [0.29, 0.717) is 10.2 Å². The van der Waals surface area contributed by atoms with Crippen LogP contribution in [-0.2, 0) is 21.2 Å². The highest BCUT2D eigenvalue weighted by molar-refractivity contribution is 7.91. The van der Waals surface area contributed by atoms with Crippen LogP contribution >= 0.6 is 22.9 Å². The number of hydrogen-bond donors (Lipinski definition) is 0. The van der Waals surface area contributed by atoms with Crippen molar-refractivity contribution in [2.75, 3.05) is 10.7 Å². The number of sulfone groups is 1. The van der Waals surface area contributed by atoms with E-state index >= 15 is 0 Å². The third-order valence-electron chi connectivity index (χ3n) is 5.21. The van der Waals surface area contributed by atoms with Crippen LogP contribution in [0.5, 0.6) is 0 Å². The zero-order valence-electron chi connectivity index (χ0n) is 18.2. The maximum atomic E-state index is 13.2. The Morgan fingerprint density at radius 3 is 2.65 bits per heavy atom. The first-order valence-corrected chi connectivity index (χ1v) is 13.3. The summed E-state index contributed by atoms with van der Waals surface area (Å²) in [6.07, 6.45) is 3.46. The van der Waals surface area contributed by atoms with Gasteiger partial charge < -0.3 is 0 Å². The molecule has 0 bridgehead atoms. The number of pyridine rings is 1. The van der Waals surface area contributed by atoms with Gasteiger partial charge in [-0.2, -0.15) is 0 Å². The molecule has 0 saturated heterocycles. The first-order chi connectivity index (χ1) is 16.2. The van der Waals surface area contributed by atoms with E-state index in [1.807, 2.05) is 25.1 Å². The second-order valence-electron chi connectivity index (χ2n) is 7.78. The predicted octanol–water partition coefficient (Wildman–Crippen LogP) is 5.58. The van der Waals surface area contributed by atoms with Crippen LogP contribution in [0.3, 0.4) is 0 Å². The number of aromatic nitrogens is 2. The average Bonchev–Trinajstić information content (AvgIpc) is 3.22. The van der Waals surface area contributed by atoms with Gasteiger partial charge in [-0.1, -0.05) is 29.0 Å². The lowest BCUT2D eigenvalue weighted by Gasteiger charge is -2.20. The Labute approximate surface area is 206 Å². The molecule has 0 aliphatic heterocycles. The number of nitrogens with zero attached hydrogens (tertiary/aromatic N) is 3. The standard InChI is InChI=1S/C24H21ClFN3O3S2/c1-16-12-18(25)13-21-23(16)28-24(33-21)29(15-17-4-2-10-27-14-17)22(30)5-3-11-34(31,32)20-8-6-19(26)7-9-20/h2,4,6-10,12-14H,3,5,11,15H2,1H3. The van der Waals surface area contributed by atoms with Crippen molar-refractivity contribution in [2.45, 2.75) is 31.2 Å². The normalized spacial score (nSPS) is 11.6. The number of carbonyl (C=O) groups is 1. The topological polar surface area (TPSA) is 80.2 Å². The van der Waals surface area contributed by atoms with Gasteiger partial charge in [-0.3, -0.25) is 14.7 Å². The van der Waals surface area contributed by atoms with E-state index in [-0.39, 0.29) is 35.9 Å². The minimum atomic E-state index is -3.63. The summed E-state index contributed by atoms with van der Waals surface area (Å²) in [5, 5.41) is 1.10. The van der Waals surface area contributed by atoms with Crippen LogP contribution in [0.15, 0.2) is 65.8 Å². The van der Waals surface area contributed by atoms with E-state index in [1.54, 1.807) is 23.4 Å². The molecule has 34 heavy (non-hydrogen) atoms. The number of carbonyl (C=O) groups excluding carboxylic acids is 1. The van der Waals surface area contributed by atoms with Gasteiger partial charge in [0.25, 0.3) is 0 Å². The molecule has 0 unspecified atom stereocenters. The molecule has 0 N–H and O–H groups in total. The molecule has 176 valence electrons. The van der Waals surface area contributed by atoms with Gasteiger partial charge in [0, 0.05) is 23.8 Å². The summed E-state index contributed by atoms with van der Waals surface area (Å²) in [5.74, 6) is -0.979. The average molecular weight is 518 g/mol. The highest BCUT2D eigenvalue weighted by Crippen LogP contribution is 2.34. The number of halogens is 2. The smallest absolute Gasteiger partial charge is 0.229 e. The number of fused-ring (bicyclic) bond motifs is 1. The van der Waals surface area contributed by atoms with Gasteiger partial charge in [0.2, 0.25) is 5.91 Å². The van der Waals surface area contributed by atoms with E-state index in [1.165, 1.54) is 23.5 Å². The first kappa shape index (κ1) is 24.3. The fraction of sp³-hybridized carbons (Fsp3) is 0.208. The van der Waals surface area contributed by atoms with Gasteiger partial charge in [-0.15, -0.1) is 0 Å². The summed E-state index contributed by atoms with van der Waals surface area (Å²) in [6, 6.07) is 12.0. The minimum absolute atomic E-state index is 0.0103. The Hall–Kier alpha value is -2.88. The quantitative estimate of drug-likeness (QED) is 0.285. The zero-order chi connectivity index (χ0) is 24.3. The Bertz CT molecular complexity index is 1430. The van der Waals surface area contributed by atoms with Crippen molar-refractivity contribution < 1.29 is 17.6 Å². The van der Waals surface area contributed by atoms with Gasteiger partial charge in [0.15, 0.2) is 15.0 Å². The summed E-state index contributed by atoms with van der Waals surface area (Å²) in [7, 11) is -3.63. The summed E-state index contributed by atoms with van der Waals surface area (Å²) in [4.78, 5) is 23.6. The van der Waals surface area contributed by atoms with Crippen LogP contribution in [0.25, 0.3) is 10.2 Å². The van der Waals surface area contributed by atoms with E-state index in [0.717, 1.165) is 33.5 Å². The largest absolute Gasteiger partial charge is 0.284 e. The highest BCUT2D eigenvalue weighted by Gasteiger charge is 2.22. The molecule has 4 rings (SSSR count). The molecule has 0 spiro atoms. The monoisotopic (exact) mass is 517 g/mol. The molecule has 2 aromatic heterocycles. The minimum Gasteiger partial charge on any atom is -0.284 e. The van der Waals surface area contributed by atoms with Crippen molar-refractivity contribution in [1.82, 2.24) is 9.97 Å². The van der Waals surface area contributed by atoms with E-state index in [4.69, 9.17) is 11.6 Å². The Morgan fingerprint density at radius 2 is 1.94 bits per heavy atom. The Balaban J connectivity index is 1.55. The van der Waals surface area contributed by atoms with Crippen LogP contribution in [0.4, 0.5) is 9.52 Å². The van der Waals surface area contributed by atoms with Crippen LogP contribution in [0, 0.1) is 12.7 Å². The maximum Gasteiger partial charge on any atom is 0.229 e. The third kappa shape index (κ3) is 5.60. The number of aryl methyl sites for hydroxylation is 1. The van der Waals surface area contributed by atoms with Crippen LogP contribution in [0.1, 0.15) is 24.0 Å². The van der Waals surface area contributed by atoms with Crippen molar-refractivity contribution in [3.8, 4) is 0 Å². The number of rotatable bonds is 8. The van der Waals surface area contributed by atoms with Crippen molar-refractivity contribution >= 4 is 54.0 Å². The maximum absolute atomic E-state index is 13.2. The lowest BCUT2D eigenvalue weighted by Crippen LogP contribution is -2.30. The third-order valence-corrected chi connectivity index (χ3v) is 8.27. The molecule has 0 aliphatic carbocycles. The summed E-state index contributed by atoms with van der Waals surface area (Å²) in [5.41, 5.74) is 2.50. The highest BCUT2D eigenvalue weighted by atomic mass is 35.5. The van der Waals surface area contributed by atoms with Gasteiger partial charge in [-0.05, 0) is 66.9 Å². The van der Waals surface area contributed by atoms with Gasteiger partial charge in [0.1, 0.15) is 5.82 Å². The lowest BCUT2D eigenvalue weighted by molar-refractivity contribution is -0.118. The van der Waals surface area contributed by atoms with Gasteiger partial charge >= 0.3 is 0 Å². The molecule has 2 aromatic carbocycles. The molecule has 0 aliphatic rings. The molecule has 0 fully saturated rings. The Morgan fingerprint density at radius 1 is 1.18 bits per heavy atom. The summed E-state index contributed by atoms with van der Waals surface area (Å²) in [6.45, 7) is 2.16. The van der Waals surface area contributed by atoms with E-state index < -0.39 is 15.7 Å². The summed E-state index contributed by atoms with van der Waals surface area (Å²) >= 11 is 7.54. The first-order valence-electron chi connectivity index (χ1n) is 10.5. The zero-order valence-corrected chi connectivity index (χ0v) is 20.6. The van der Waals surface area contributed by atoms with Crippen molar-refractivity contribution in [1.29, 1.82) is 0 Å². The number of anilines is 1. The second kappa shape index (κ2) is 10.2. The molecule has 1 amide bonds. The molecule has 0 radical (unpaired) electrons.